The average Bonchev–Trinajstić information content (AvgIpc) is 4.22. The van der Waals surface area contributed by atoms with Gasteiger partial charge in [-0.15, -0.1) is 0 Å². The minimum absolute atomic E-state index is 0.834. The van der Waals surface area contributed by atoms with Crippen molar-refractivity contribution >= 4 is 143 Å². The molecule has 6 heterocycles. The van der Waals surface area contributed by atoms with E-state index in [-0.39, 0.29) is 0 Å². The van der Waals surface area contributed by atoms with E-state index in [4.69, 9.17) is 17.7 Å². The molecule has 6 nitrogen and oxygen atoms in total. The smallest absolute Gasteiger partial charge is 0.136 e. The third-order valence-corrected chi connectivity index (χ3v) is 14.9. The van der Waals surface area contributed by atoms with Crippen LogP contribution in [0.15, 0.2) is 222 Å². The summed E-state index contributed by atoms with van der Waals surface area (Å²) in [7, 11) is 0. The van der Waals surface area contributed by atoms with Crippen LogP contribution in [-0.4, -0.2) is 9.13 Å². The standard InChI is InChI=1S/C60H32N2O4S/c1-5-13-49-37(9-1)38-10-2-6-14-50(38)61(49)33-17-21-53-41(25-33)45-29-59-47(31-57(45)63-53)43-27-35(19-23-55(43)65-59)67-36-20-24-56-44(28-36)48-32-58-46(30-60(48)66-56)42-26-34(18-22-54(42)64-58)62-51-15-7-3-11-39(51)40-12-4-8-16-52(40)62/h1-32H. The third-order valence-electron chi connectivity index (χ3n) is 13.9. The molecule has 0 atom stereocenters. The van der Waals surface area contributed by atoms with Crippen molar-refractivity contribution in [3.05, 3.63) is 194 Å². The zero-order valence-corrected chi connectivity index (χ0v) is 36.2. The van der Waals surface area contributed by atoms with Crippen molar-refractivity contribution < 1.29 is 17.7 Å². The lowest BCUT2D eigenvalue weighted by molar-refractivity contribution is 0.664. The second kappa shape index (κ2) is 13.0. The Labute approximate surface area is 383 Å². The number of rotatable bonds is 4. The first kappa shape index (κ1) is 35.7. The van der Waals surface area contributed by atoms with Crippen LogP contribution in [0.25, 0.3) is 143 Å². The number of para-hydroxylation sites is 4. The van der Waals surface area contributed by atoms with Gasteiger partial charge in [-0.25, -0.2) is 0 Å². The number of hydrogen-bond donors (Lipinski definition) is 0. The summed E-state index contributed by atoms with van der Waals surface area (Å²) in [6.07, 6.45) is 0. The van der Waals surface area contributed by atoms with E-state index in [0.29, 0.717) is 0 Å². The number of hydrogen-bond acceptors (Lipinski definition) is 5. The Kier molecular flexibility index (Phi) is 6.92. The lowest BCUT2D eigenvalue weighted by Gasteiger charge is -2.07. The van der Waals surface area contributed by atoms with Crippen LogP contribution in [0.1, 0.15) is 0 Å². The largest absolute Gasteiger partial charge is 0.456 e. The normalized spacial score (nSPS) is 12.5. The Morgan fingerprint density at radius 1 is 0.239 bits per heavy atom. The van der Waals surface area contributed by atoms with Gasteiger partial charge in [0.05, 0.1) is 22.1 Å². The molecule has 0 N–H and O–H groups in total. The summed E-state index contributed by atoms with van der Waals surface area (Å²) >= 11 is 1.72. The number of benzene rings is 10. The highest BCUT2D eigenvalue weighted by atomic mass is 32.2. The zero-order valence-electron chi connectivity index (χ0n) is 35.4. The average molecular weight is 877 g/mol. The fourth-order valence-electron chi connectivity index (χ4n) is 11.0. The van der Waals surface area contributed by atoms with E-state index in [9.17, 15) is 0 Å². The first-order valence-corrected chi connectivity index (χ1v) is 23.3. The van der Waals surface area contributed by atoms with Crippen LogP contribution in [0, 0.1) is 0 Å². The molecule has 0 fully saturated rings. The Morgan fingerprint density at radius 2 is 0.522 bits per heavy atom. The summed E-state index contributed by atoms with van der Waals surface area (Å²) in [5.74, 6) is 0. The van der Waals surface area contributed by atoms with Crippen molar-refractivity contribution in [2.24, 2.45) is 0 Å². The van der Waals surface area contributed by atoms with Gasteiger partial charge in [-0.3, -0.25) is 0 Å². The fraction of sp³-hybridized carbons (Fsp3) is 0. The lowest BCUT2D eigenvalue weighted by Crippen LogP contribution is -1.93. The summed E-state index contributed by atoms with van der Waals surface area (Å²) in [6.45, 7) is 0. The highest BCUT2D eigenvalue weighted by Crippen LogP contribution is 2.43. The van der Waals surface area contributed by atoms with E-state index in [1.165, 1.54) is 43.6 Å². The fourth-order valence-corrected chi connectivity index (χ4v) is 11.9. The van der Waals surface area contributed by atoms with E-state index >= 15 is 0 Å². The Balaban J connectivity index is 0.757. The Hall–Kier alpha value is -8.65. The van der Waals surface area contributed by atoms with Crippen molar-refractivity contribution in [3.8, 4) is 11.4 Å². The second-order valence-electron chi connectivity index (χ2n) is 17.6. The van der Waals surface area contributed by atoms with E-state index in [0.717, 1.165) is 109 Å². The molecule has 0 aliphatic rings. The summed E-state index contributed by atoms with van der Waals surface area (Å²) in [6, 6.07) is 68.8. The molecule has 67 heavy (non-hydrogen) atoms. The molecular formula is C60H32N2O4S. The summed E-state index contributed by atoms with van der Waals surface area (Å²) < 4.78 is 30.8. The molecule has 0 aliphatic carbocycles. The van der Waals surface area contributed by atoms with Crippen LogP contribution in [0.2, 0.25) is 0 Å². The van der Waals surface area contributed by atoms with Crippen LogP contribution in [0.4, 0.5) is 0 Å². The SMILES string of the molecule is c1ccc2c(c1)c1ccccc1n2-c1ccc2oc3cc4c(cc3c2c1)oc1ccc(Sc2ccc3oc5cc6c(cc5c3c2)oc2ccc(-n3c5ccccc5c5ccccc53)cc26)cc14. The van der Waals surface area contributed by atoms with E-state index in [1.807, 2.05) is 0 Å². The quantitative estimate of drug-likeness (QED) is 0.176. The van der Waals surface area contributed by atoms with Gasteiger partial charge in [-0.05, 0) is 121 Å². The van der Waals surface area contributed by atoms with Crippen molar-refractivity contribution in [2.45, 2.75) is 9.79 Å². The van der Waals surface area contributed by atoms with Gasteiger partial charge in [0, 0.05) is 85.8 Å². The summed E-state index contributed by atoms with van der Waals surface area (Å²) in [4.78, 5) is 2.23. The minimum Gasteiger partial charge on any atom is -0.456 e. The van der Waals surface area contributed by atoms with Gasteiger partial charge in [-0.1, -0.05) is 84.6 Å². The molecule has 0 amide bonds. The Bertz CT molecular complexity index is 4390. The number of aromatic nitrogens is 2. The van der Waals surface area contributed by atoms with Crippen molar-refractivity contribution in [1.29, 1.82) is 0 Å². The molecule has 0 unspecified atom stereocenters. The van der Waals surface area contributed by atoms with Crippen molar-refractivity contribution in [3.63, 3.8) is 0 Å². The van der Waals surface area contributed by atoms with Crippen LogP contribution in [-0.2, 0) is 0 Å². The molecule has 0 saturated heterocycles. The zero-order chi connectivity index (χ0) is 43.5. The highest BCUT2D eigenvalue weighted by Gasteiger charge is 2.20. The molecule has 0 radical (unpaired) electrons. The van der Waals surface area contributed by atoms with Gasteiger partial charge in [0.15, 0.2) is 0 Å². The first-order chi connectivity index (χ1) is 33.1. The molecule has 16 rings (SSSR count). The van der Waals surface area contributed by atoms with E-state index < -0.39 is 0 Å². The Morgan fingerprint density at radius 3 is 0.866 bits per heavy atom. The molecule has 7 heteroatoms. The van der Waals surface area contributed by atoms with Crippen LogP contribution >= 0.6 is 11.8 Å². The monoisotopic (exact) mass is 876 g/mol. The van der Waals surface area contributed by atoms with Crippen molar-refractivity contribution in [1.82, 2.24) is 9.13 Å². The van der Waals surface area contributed by atoms with Gasteiger partial charge in [-0.2, -0.15) is 0 Å². The predicted molar refractivity (Wildman–Crippen MR) is 275 cm³/mol. The van der Waals surface area contributed by atoms with Gasteiger partial charge < -0.3 is 26.8 Å². The molecule has 0 bridgehead atoms. The van der Waals surface area contributed by atoms with Crippen molar-refractivity contribution in [2.75, 3.05) is 0 Å². The number of furan rings is 4. The molecule has 0 saturated carbocycles. The topological polar surface area (TPSA) is 62.4 Å². The minimum atomic E-state index is 0.834. The van der Waals surface area contributed by atoms with Crippen LogP contribution in [0.5, 0.6) is 0 Å². The molecule has 16 aromatic rings. The molecule has 312 valence electrons. The molecule has 0 spiro atoms. The summed E-state index contributed by atoms with van der Waals surface area (Å²) in [5, 5.41) is 13.3. The van der Waals surface area contributed by atoms with E-state index in [2.05, 4.69) is 203 Å². The number of fused-ring (bicyclic) bond motifs is 18. The predicted octanol–water partition coefficient (Wildman–Crippen LogP) is 17.6. The van der Waals surface area contributed by atoms with Gasteiger partial charge >= 0.3 is 0 Å². The van der Waals surface area contributed by atoms with E-state index in [1.54, 1.807) is 11.8 Å². The third kappa shape index (κ3) is 5.01. The van der Waals surface area contributed by atoms with Gasteiger partial charge in [0.2, 0.25) is 0 Å². The van der Waals surface area contributed by atoms with Crippen LogP contribution in [0.3, 0.4) is 0 Å². The lowest BCUT2D eigenvalue weighted by atomic mass is 10.1. The van der Waals surface area contributed by atoms with Crippen LogP contribution < -0.4 is 0 Å². The first-order valence-electron chi connectivity index (χ1n) is 22.5. The highest BCUT2D eigenvalue weighted by molar-refractivity contribution is 7.99. The molecule has 10 aromatic carbocycles. The van der Waals surface area contributed by atoms with Gasteiger partial charge in [0.25, 0.3) is 0 Å². The molecule has 0 aliphatic heterocycles. The molecule has 6 aromatic heterocycles. The maximum atomic E-state index is 6.54. The number of nitrogens with zero attached hydrogens (tertiary/aromatic N) is 2. The molecular weight excluding hydrogens is 845 g/mol. The second-order valence-corrected chi connectivity index (χ2v) is 18.8. The van der Waals surface area contributed by atoms with Gasteiger partial charge in [0.1, 0.15) is 44.7 Å². The summed E-state index contributed by atoms with van der Waals surface area (Å²) in [5.41, 5.74) is 13.6. The maximum absolute atomic E-state index is 6.54. The maximum Gasteiger partial charge on any atom is 0.136 e.